The largest absolute Gasteiger partial charge is 0.330 e. The summed E-state index contributed by atoms with van der Waals surface area (Å²) in [6, 6.07) is 10.7. The lowest BCUT2D eigenvalue weighted by Gasteiger charge is -2.29. The zero-order chi connectivity index (χ0) is 13.1. The van der Waals surface area contributed by atoms with Crippen molar-refractivity contribution in [1.82, 2.24) is 4.98 Å². The molecule has 1 aliphatic rings. The van der Waals surface area contributed by atoms with Gasteiger partial charge in [0, 0.05) is 11.6 Å². The molecule has 1 aromatic carbocycles. The van der Waals surface area contributed by atoms with Crippen molar-refractivity contribution in [3.05, 3.63) is 42.1 Å². The molecule has 0 spiro atoms. The molecule has 1 heterocycles. The van der Waals surface area contributed by atoms with Crippen molar-refractivity contribution >= 4 is 10.9 Å². The maximum atomic E-state index is 5.67. The Bertz CT molecular complexity index is 536. The highest BCUT2D eigenvalue weighted by Crippen LogP contribution is 2.38. The standard InChI is InChI=1S/C17H22N2/c18-11-9-13-5-7-14(8-6-13)15-10-12-19-17-4-2-1-3-16(15)17/h1-4,10,12-14H,5-9,11,18H2/t13-,14+. The third kappa shape index (κ3) is 2.64. The van der Waals surface area contributed by atoms with Crippen molar-refractivity contribution in [3.8, 4) is 0 Å². The number of aromatic nitrogens is 1. The molecule has 2 nitrogen and oxygen atoms in total. The van der Waals surface area contributed by atoms with Crippen molar-refractivity contribution in [3.63, 3.8) is 0 Å². The Morgan fingerprint density at radius 1 is 1.05 bits per heavy atom. The van der Waals surface area contributed by atoms with Gasteiger partial charge in [-0.2, -0.15) is 0 Å². The highest BCUT2D eigenvalue weighted by atomic mass is 14.6. The molecule has 1 fully saturated rings. The van der Waals surface area contributed by atoms with Crippen LogP contribution in [0.1, 0.15) is 43.6 Å². The second kappa shape index (κ2) is 5.70. The minimum atomic E-state index is 0.710. The average Bonchev–Trinajstić information content (AvgIpc) is 2.48. The van der Waals surface area contributed by atoms with Crippen molar-refractivity contribution in [1.29, 1.82) is 0 Å². The van der Waals surface area contributed by atoms with E-state index in [1.165, 1.54) is 43.1 Å². The first kappa shape index (κ1) is 12.6. The number of fused-ring (bicyclic) bond motifs is 1. The van der Waals surface area contributed by atoms with E-state index in [4.69, 9.17) is 5.73 Å². The molecule has 0 bridgehead atoms. The van der Waals surface area contributed by atoms with Crippen LogP contribution in [0, 0.1) is 5.92 Å². The highest BCUT2D eigenvalue weighted by molar-refractivity contribution is 5.82. The Balaban J connectivity index is 1.82. The Hall–Kier alpha value is -1.41. The van der Waals surface area contributed by atoms with Crippen molar-refractivity contribution in [2.45, 2.75) is 38.0 Å². The topological polar surface area (TPSA) is 38.9 Å². The first-order chi connectivity index (χ1) is 9.38. The summed E-state index contributed by atoms with van der Waals surface area (Å²) in [5.74, 6) is 1.57. The molecular weight excluding hydrogens is 232 g/mol. The Morgan fingerprint density at radius 2 is 1.84 bits per heavy atom. The Labute approximate surface area is 115 Å². The van der Waals surface area contributed by atoms with E-state index in [9.17, 15) is 0 Å². The number of pyridine rings is 1. The van der Waals surface area contributed by atoms with E-state index in [1.807, 2.05) is 6.20 Å². The third-order valence-electron chi connectivity index (χ3n) is 4.54. The maximum Gasteiger partial charge on any atom is 0.0704 e. The highest BCUT2D eigenvalue weighted by Gasteiger charge is 2.23. The van der Waals surface area contributed by atoms with Gasteiger partial charge in [-0.05, 0) is 68.2 Å². The van der Waals surface area contributed by atoms with Gasteiger partial charge in [0.15, 0.2) is 0 Å². The molecular formula is C17H22N2. The van der Waals surface area contributed by atoms with Crippen LogP contribution in [0.25, 0.3) is 10.9 Å². The Morgan fingerprint density at radius 3 is 2.63 bits per heavy atom. The summed E-state index contributed by atoms with van der Waals surface area (Å²) >= 11 is 0. The minimum absolute atomic E-state index is 0.710. The van der Waals surface area contributed by atoms with E-state index in [0.29, 0.717) is 5.92 Å². The first-order valence-corrected chi connectivity index (χ1v) is 7.42. The second-order valence-corrected chi connectivity index (χ2v) is 5.71. The lowest BCUT2D eigenvalue weighted by molar-refractivity contribution is 0.314. The average molecular weight is 254 g/mol. The maximum absolute atomic E-state index is 5.67. The van der Waals surface area contributed by atoms with Crippen LogP contribution < -0.4 is 5.73 Å². The van der Waals surface area contributed by atoms with Crippen molar-refractivity contribution < 1.29 is 0 Å². The second-order valence-electron chi connectivity index (χ2n) is 5.71. The molecule has 1 aliphatic carbocycles. The summed E-state index contributed by atoms with van der Waals surface area (Å²) < 4.78 is 0. The summed E-state index contributed by atoms with van der Waals surface area (Å²) in [4.78, 5) is 4.46. The fourth-order valence-corrected chi connectivity index (χ4v) is 3.47. The number of rotatable bonds is 3. The van der Waals surface area contributed by atoms with Crippen LogP contribution in [0.5, 0.6) is 0 Å². The van der Waals surface area contributed by atoms with Gasteiger partial charge in [0.05, 0.1) is 5.52 Å². The van der Waals surface area contributed by atoms with Crippen LogP contribution >= 0.6 is 0 Å². The predicted molar refractivity (Wildman–Crippen MR) is 80.1 cm³/mol. The van der Waals surface area contributed by atoms with Gasteiger partial charge < -0.3 is 5.73 Å². The van der Waals surface area contributed by atoms with Crippen LogP contribution in [-0.2, 0) is 0 Å². The molecule has 2 aromatic rings. The van der Waals surface area contributed by atoms with Gasteiger partial charge >= 0.3 is 0 Å². The number of hydrogen-bond acceptors (Lipinski definition) is 2. The summed E-state index contributed by atoms with van der Waals surface area (Å²) in [5, 5.41) is 1.34. The molecule has 100 valence electrons. The van der Waals surface area contributed by atoms with Crippen LogP contribution in [-0.4, -0.2) is 11.5 Å². The molecule has 1 saturated carbocycles. The molecule has 19 heavy (non-hydrogen) atoms. The van der Waals surface area contributed by atoms with E-state index < -0.39 is 0 Å². The van der Waals surface area contributed by atoms with Gasteiger partial charge in [0.2, 0.25) is 0 Å². The zero-order valence-corrected chi connectivity index (χ0v) is 11.4. The number of nitrogens with two attached hydrogens (primary N) is 1. The zero-order valence-electron chi connectivity index (χ0n) is 11.4. The molecule has 0 atom stereocenters. The monoisotopic (exact) mass is 254 g/mol. The minimum Gasteiger partial charge on any atom is -0.330 e. The fraction of sp³-hybridized carbons (Fsp3) is 0.471. The van der Waals surface area contributed by atoms with Gasteiger partial charge in [0.1, 0.15) is 0 Å². The van der Waals surface area contributed by atoms with Gasteiger partial charge in [-0.1, -0.05) is 18.2 Å². The smallest absolute Gasteiger partial charge is 0.0704 e. The number of hydrogen-bond donors (Lipinski definition) is 1. The van der Waals surface area contributed by atoms with Crippen LogP contribution in [0.3, 0.4) is 0 Å². The van der Waals surface area contributed by atoms with Gasteiger partial charge in [-0.25, -0.2) is 0 Å². The van der Waals surface area contributed by atoms with E-state index in [0.717, 1.165) is 18.0 Å². The fourth-order valence-electron chi connectivity index (χ4n) is 3.47. The lowest BCUT2D eigenvalue weighted by atomic mass is 9.77. The van der Waals surface area contributed by atoms with Crippen LogP contribution in [0.15, 0.2) is 36.5 Å². The number of benzene rings is 1. The van der Waals surface area contributed by atoms with E-state index in [-0.39, 0.29) is 0 Å². The molecule has 0 unspecified atom stereocenters. The van der Waals surface area contributed by atoms with Gasteiger partial charge in [0.25, 0.3) is 0 Å². The van der Waals surface area contributed by atoms with Gasteiger partial charge in [-0.15, -0.1) is 0 Å². The molecule has 0 amide bonds. The van der Waals surface area contributed by atoms with Crippen molar-refractivity contribution in [2.24, 2.45) is 11.7 Å². The van der Waals surface area contributed by atoms with E-state index >= 15 is 0 Å². The number of para-hydroxylation sites is 1. The molecule has 0 aliphatic heterocycles. The number of nitrogens with zero attached hydrogens (tertiary/aromatic N) is 1. The summed E-state index contributed by atoms with van der Waals surface area (Å²) in [7, 11) is 0. The molecule has 2 heteroatoms. The molecule has 1 aromatic heterocycles. The Kier molecular flexibility index (Phi) is 3.79. The van der Waals surface area contributed by atoms with Crippen LogP contribution in [0.4, 0.5) is 0 Å². The van der Waals surface area contributed by atoms with Gasteiger partial charge in [-0.3, -0.25) is 4.98 Å². The van der Waals surface area contributed by atoms with E-state index in [2.05, 4.69) is 35.3 Å². The molecule has 3 rings (SSSR count). The molecule has 0 saturated heterocycles. The summed E-state index contributed by atoms with van der Waals surface area (Å²) in [6.07, 6.45) is 8.43. The third-order valence-corrected chi connectivity index (χ3v) is 4.54. The van der Waals surface area contributed by atoms with Crippen LogP contribution in [0.2, 0.25) is 0 Å². The summed E-state index contributed by atoms with van der Waals surface area (Å²) in [6.45, 7) is 0.841. The van der Waals surface area contributed by atoms with E-state index in [1.54, 1.807) is 0 Å². The van der Waals surface area contributed by atoms with Crippen molar-refractivity contribution in [2.75, 3.05) is 6.54 Å². The molecule has 0 radical (unpaired) electrons. The molecule has 2 N–H and O–H groups in total. The predicted octanol–water partition coefficient (Wildman–Crippen LogP) is 3.86. The SMILES string of the molecule is NCC[C@H]1CC[C@@H](c2ccnc3ccccc32)CC1. The quantitative estimate of drug-likeness (QED) is 0.903. The summed E-state index contributed by atoms with van der Waals surface area (Å²) in [5.41, 5.74) is 8.30. The first-order valence-electron chi connectivity index (χ1n) is 7.42. The normalized spacial score (nSPS) is 23.6. The lowest BCUT2D eigenvalue weighted by Crippen LogP contribution is -2.16.